The minimum Gasteiger partial charge on any atom is -0.497 e. The fraction of sp³-hybridized carbons (Fsp3) is 0.409. The van der Waals surface area contributed by atoms with Crippen molar-refractivity contribution in [2.75, 3.05) is 20.8 Å². The minimum absolute atomic E-state index is 0.0846. The van der Waals surface area contributed by atoms with E-state index >= 15 is 0 Å². The average molecular weight is 353 g/mol. The number of carbonyl (C=O) groups excluding carboxylic acids is 1. The highest BCUT2D eigenvalue weighted by molar-refractivity contribution is 5.77. The van der Waals surface area contributed by atoms with Crippen molar-refractivity contribution < 1.29 is 14.3 Å². The lowest BCUT2D eigenvalue weighted by Gasteiger charge is -2.26. The van der Waals surface area contributed by atoms with E-state index < -0.39 is 0 Å². The highest BCUT2D eigenvalue weighted by Gasteiger charge is 2.31. The number of nitrogens with zero attached hydrogens (tertiary/aromatic N) is 1. The van der Waals surface area contributed by atoms with Crippen molar-refractivity contribution >= 4 is 5.91 Å². The number of carbonyl (C=O) groups is 1. The van der Waals surface area contributed by atoms with E-state index in [1.807, 2.05) is 23.1 Å². The number of hydrogen-bond acceptors (Lipinski definition) is 3. The molecule has 1 fully saturated rings. The Kier molecular flexibility index (Phi) is 5.82. The molecular formula is C22H27NO3. The number of likely N-dealkylation sites (tertiary alicyclic amines) is 1. The predicted octanol–water partition coefficient (Wildman–Crippen LogP) is 4.31. The van der Waals surface area contributed by atoms with Crippen molar-refractivity contribution in [3.05, 3.63) is 59.2 Å². The third-order valence-electron chi connectivity index (χ3n) is 5.12. The zero-order chi connectivity index (χ0) is 18.5. The summed E-state index contributed by atoms with van der Waals surface area (Å²) in [7, 11) is 3.31. The zero-order valence-corrected chi connectivity index (χ0v) is 15.8. The molecule has 1 heterocycles. The van der Waals surface area contributed by atoms with Gasteiger partial charge in [0.2, 0.25) is 5.91 Å². The molecule has 4 heteroatoms. The smallest absolute Gasteiger partial charge is 0.223 e. The molecule has 1 amide bonds. The SMILES string of the molecule is COc1ccc(C2CCCN2C(=O)CCc2ccc(C)cc2)c(OC)c1. The molecule has 4 nitrogen and oxygen atoms in total. The first-order chi connectivity index (χ1) is 12.6. The van der Waals surface area contributed by atoms with Crippen LogP contribution in [-0.2, 0) is 11.2 Å². The standard InChI is InChI=1S/C22H27NO3/c1-16-6-8-17(9-7-16)10-13-22(24)23-14-4-5-20(23)19-12-11-18(25-2)15-21(19)26-3/h6-9,11-12,15,20H,4-5,10,13-14H2,1-3H3. The number of ether oxygens (including phenoxy) is 2. The first-order valence-electron chi connectivity index (χ1n) is 9.19. The van der Waals surface area contributed by atoms with Gasteiger partial charge in [0.25, 0.3) is 0 Å². The van der Waals surface area contributed by atoms with Crippen molar-refractivity contribution in [3.8, 4) is 11.5 Å². The third-order valence-corrected chi connectivity index (χ3v) is 5.12. The van der Waals surface area contributed by atoms with E-state index in [1.54, 1.807) is 14.2 Å². The maximum absolute atomic E-state index is 12.9. The second kappa shape index (κ2) is 8.26. The van der Waals surface area contributed by atoms with Crippen molar-refractivity contribution in [1.82, 2.24) is 4.90 Å². The summed E-state index contributed by atoms with van der Waals surface area (Å²) in [6.07, 6.45) is 3.31. The molecule has 0 spiro atoms. The Bertz CT molecular complexity index is 754. The Morgan fingerprint density at radius 2 is 1.88 bits per heavy atom. The van der Waals surface area contributed by atoms with Crippen LogP contribution >= 0.6 is 0 Å². The second-order valence-electron chi connectivity index (χ2n) is 6.84. The van der Waals surface area contributed by atoms with Gasteiger partial charge in [-0.2, -0.15) is 0 Å². The minimum atomic E-state index is 0.0846. The summed E-state index contributed by atoms with van der Waals surface area (Å²) in [5.41, 5.74) is 3.52. The van der Waals surface area contributed by atoms with Crippen LogP contribution in [0.4, 0.5) is 0 Å². The van der Waals surface area contributed by atoms with Gasteiger partial charge in [-0.1, -0.05) is 29.8 Å². The van der Waals surface area contributed by atoms with Gasteiger partial charge in [-0.05, 0) is 43.9 Å². The normalized spacial score (nSPS) is 16.6. The summed E-state index contributed by atoms with van der Waals surface area (Å²) >= 11 is 0. The fourth-order valence-electron chi connectivity index (χ4n) is 3.63. The zero-order valence-electron chi connectivity index (χ0n) is 15.8. The molecule has 26 heavy (non-hydrogen) atoms. The van der Waals surface area contributed by atoms with Gasteiger partial charge in [0.1, 0.15) is 11.5 Å². The summed E-state index contributed by atoms with van der Waals surface area (Å²) in [6.45, 7) is 2.89. The van der Waals surface area contributed by atoms with E-state index in [2.05, 4.69) is 31.2 Å². The Hall–Kier alpha value is -2.49. The van der Waals surface area contributed by atoms with Crippen LogP contribution in [0.25, 0.3) is 0 Å². The van der Waals surface area contributed by atoms with Crippen LogP contribution in [-0.4, -0.2) is 31.6 Å². The molecule has 138 valence electrons. The first kappa shape index (κ1) is 18.3. The Morgan fingerprint density at radius 1 is 1.12 bits per heavy atom. The molecule has 0 N–H and O–H groups in total. The van der Waals surface area contributed by atoms with Gasteiger partial charge in [-0.3, -0.25) is 4.79 Å². The number of amides is 1. The Morgan fingerprint density at radius 3 is 2.58 bits per heavy atom. The first-order valence-corrected chi connectivity index (χ1v) is 9.19. The summed E-state index contributed by atoms with van der Waals surface area (Å²) in [5.74, 6) is 1.76. The van der Waals surface area contributed by atoms with Crippen LogP contribution in [0.2, 0.25) is 0 Å². The molecule has 1 aliphatic rings. The number of methoxy groups -OCH3 is 2. The van der Waals surface area contributed by atoms with E-state index in [4.69, 9.17) is 9.47 Å². The predicted molar refractivity (Wildman–Crippen MR) is 103 cm³/mol. The highest BCUT2D eigenvalue weighted by atomic mass is 16.5. The van der Waals surface area contributed by atoms with Crippen molar-refractivity contribution in [2.45, 2.75) is 38.6 Å². The molecule has 1 atom stereocenters. The highest BCUT2D eigenvalue weighted by Crippen LogP contribution is 2.39. The van der Waals surface area contributed by atoms with Crippen molar-refractivity contribution in [3.63, 3.8) is 0 Å². The maximum Gasteiger partial charge on any atom is 0.223 e. The number of rotatable bonds is 6. The van der Waals surface area contributed by atoms with Gasteiger partial charge in [0, 0.05) is 24.6 Å². The van der Waals surface area contributed by atoms with E-state index in [-0.39, 0.29) is 11.9 Å². The lowest BCUT2D eigenvalue weighted by atomic mass is 10.0. The molecular weight excluding hydrogens is 326 g/mol. The summed E-state index contributed by atoms with van der Waals surface area (Å²) < 4.78 is 10.8. The van der Waals surface area contributed by atoms with Crippen LogP contribution in [0.3, 0.4) is 0 Å². The van der Waals surface area contributed by atoms with Crippen LogP contribution in [0.5, 0.6) is 11.5 Å². The second-order valence-corrected chi connectivity index (χ2v) is 6.84. The molecule has 2 aromatic rings. The Labute approximate surface area is 155 Å². The number of aryl methyl sites for hydroxylation is 2. The lowest BCUT2D eigenvalue weighted by molar-refractivity contribution is -0.132. The van der Waals surface area contributed by atoms with Gasteiger partial charge in [0.15, 0.2) is 0 Å². The van der Waals surface area contributed by atoms with Crippen LogP contribution < -0.4 is 9.47 Å². The van der Waals surface area contributed by atoms with Crippen molar-refractivity contribution in [2.24, 2.45) is 0 Å². The van der Waals surface area contributed by atoms with Crippen molar-refractivity contribution in [1.29, 1.82) is 0 Å². The van der Waals surface area contributed by atoms with Crippen LogP contribution in [0.1, 0.15) is 42.0 Å². The molecule has 3 rings (SSSR count). The molecule has 0 radical (unpaired) electrons. The van der Waals surface area contributed by atoms with E-state index in [1.165, 1.54) is 11.1 Å². The van der Waals surface area contributed by atoms with E-state index in [0.29, 0.717) is 6.42 Å². The molecule has 0 aliphatic carbocycles. The van der Waals surface area contributed by atoms with Gasteiger partial charge >= 0.3 is 0 Å². The summed E-state index contributed by atoms with van der Waals surface area (Å²) in [6, 6.07) is 14.3. The summed E-state index contributed by atoms with van der Waals surface area (Å²) in [4.78, 5) is 14.9. The molecule has 0 saturated carbocycles. The number of benzene rings is 2. The largest absolute Gasteiger partial charge is 0.497 e. The quantitative estimate of drug-likeness (QED) is 0.777. The molecule has 1 aliphatic heterocycles. The van der Waals surface area contributed by atoms with Gasteiger partial charge in [-0.25, -0.2) is 0 Å². The molecule has 2 aromatic carbocycles. The van der Waals surface area contributed by atoms with Crippen LogP contribution in [0, 0.1) is 6.92 Å². The molecule has 1 unspecified atom stereocenters. The fourth-order valence-corrected chi connectivity index (χ4v) is 3.63. The van der Waals surface area contributed by atoms with Gasteiger partial charge < -0.3 is 14.4 Å². The monoisotopic (exact) mass is 353 g/mol. The summed E-state index contributed by atoms with van der Waals surface area (Å²) in [5, 5.41) is 0. The Balaban J connectivity index is 1.71. The topological polar surface area (TPSA) is 38.8 Å². The van der Waals surface area contributed by atoms with Crippen LogP contribution in [0.15, 0.2) is 42.5 Å². The maximum atomic E-state index is 12.9. The van der Waals surface area contributed by atoms with E-state index in [9.17, 15) is 4.79 Å². The average Bonchev–Trinajstić information content (AvgIpc) is 3.16. The lowest BCUT2D eigenvalue weighted by Crippen LogP contribution is -2.30. The van der Waals surface area contributed by atoms with E-state index in [0.717, 1.165) is 42.9 Å². The van der Waals surface area contributed by atoms with Gasteiger partial charge in [-0.15, -0.1) is 0 Å². The third kappa shape index (κ3) is 4.01. The number of hydrogen-bond donors (Lipinski definition) is 0. The molecule has 1 saturated heterocycles. The van der Waals surface area contributed by atoms with Gasteiger partial charge in [0.05, 0.1) is 20.3 Å². The molecule has 0 bridgehead atoms. The molecule has 0 aromatic heterocycles.